The maximum absolute atomic E-state index is 12.5. The first-order valence-corrected chi connectivity index (χ1v) is 9.60. The summed E-state index contributed by atoms with van der Waals surface area (Å²) in [6.07, 6.45) is -3.09. The van der Waals surface area contributed by atoms with Gasteiger partial charge in [0.05, 0.1) is 19.3 Å². The van der Waals surface area contributed by atoms with Gasteiger partial charge in [0.2, 0.25) is 5.91 Å². The van der Waals surface area contributed by atoms with Crippen molar-refractivity contribution in [2.45, 2.75) is 59.3 Å². The largest absolute Gasteiger partial charge is 0.442 e. The van der Waals surface area contributed by atoms with E-state index >= 15 is 0 Å². The molecule has 0 aliphatic carbocycles. The van der Waals surface area contributed by atoms with E-state index < -0.39 is 43.7 Å². The number of aliphatic hydroxyl groups is 1. The minimum Gasteiger partial charge on any atom is -0.442 e. The van der Waals surface area contributed by atoms with Gasteiger partial charge in [-0.15, -0.1) is 0 Å². The van der Waals surface area contributed by atoms with E-state index in [1.54, 1.807) is 34.6 Å². The minimum atomic E-state index is -3.67. The van der Waals surface area contributed by atoms with E-state index in [4.69, 9.17) is 24.4 Å². The predicted molar refractivity (Wildman–Crippen MR) is 89.5 cm³/mol. The quantitative estimate of drug-likeness (QED) is 0.428. The van der Waals surface area contributed by atoms with Crippen LogP contribution in [0.25, 0.3) is 0 Å². The number of amides is 2. The van der Waals surface area contributed by atoms with Gasteiger partial charge in [-0.05, 0) is 41.5 Å². The number of ether oxygens (including phenoxy) is 1. The molecule has 0 aliphatic rings. The molecule has 2 amide bonds. The molecular weight excluding hydrogens is 355 g/mol. The molecule has 0 aromatic rings. The maximum atomic E-state index is 12.5. The Kier molecular flexibility index (Phi) is 9.60. The van der Waals surface area contributed by atoms with Crippen LogP contribution in [0.2, 0.25) is 0 Å². The molecule has 25 heavy (non-hydrogen) atoms. The number of hydroxylamine groups is 2. The number of carbonyl (C=O) groups excluding carboxylic acids is 2. The first-order valence-electron chi connectivity index (χ1n) is 7.87. The predicted octanol–water partition coefficient (Wildman–Crippen LogP) is 1.61. The summed E-state index contributed by atoms with van der Waals surface area (Å²) in [5, 5.41) is 10.2. The Labute approximate surface area is 148 Å². The Bertz CT molecular complexity index is 482. The molecule has 0 saturated carbocycles. The molecule has 0 unspecified atom stereocenters. The smallest absolute Gasteiger partial charge is 0.435 e. The van der Waals surface area contributed by atoms with Crippen LogP contribution in [0.15, 0.2) is 0 Å². The third-order valence-electron chi connectivity index (χ3n) is 2.58. The van der Waals surface area contributed by atoms with E-state index in [9.17, 15) is 19.3 Å². The molecule has 0 aromatic carbocycles. The average Bonchev–Trinajstić information content (AvgIpc) is 2.40. The van der Waals surface area contributed by atoms with E-state index in [2.05, 4.69) is 0 Å². The van der Waals surface area contributed by atoms with Crippen LogP contribution in [0, 0.1) is 0 Å². The van der Waals surface area contributed by atoms with Crippen molar-refractivity contribution < 1.29 is 37.9 Å². The molecule has 0 fully saturated rings. The topological polar surface area (TPSA) is 138 Å². The summed E-state index contributed by atoms with van der Waals surface area (Å²) < 4.78 is 27.7. The number of nitrogens with two attached hydrogens (primary N) is 1. The summed E-state index contributed by atoms with van der Waals surface area (Å²) in [5.74, 6) is -1.02. The first kappa shape index (κ1) is 23.8. The van der Waals surface area contributed by atoms with Gasteiger partial charge in [-0.1, -0.05) is 0 Å². The highest BCUT2D eigenvalue weighted by atomic mass is 31.2. The summed E-state index contributed by atoms with van der Waals surface area (Å²) in [5.41, 5.74) is 4.34. The summed E-state index contributed by atoms with van der Waals surface area (Å²) in [7, 11) is -3.67. The third-order valence-corrected chi connectivity index (χ3v) is 4.32. The lowest BCUT2D eigenvalue weighted by atomic mass is 10.1. The van der Waals surface area contributed by atoms with Crippen molar-refractivity contribution in [1.82, 2.24) is 5.06 Å². The SMILES string of the molecule is CCOP(=O)(CON(C(=O)OC(C)(C)C)[C@H](C(N)=O)[C@@H](C)O)OCC. The van der Waals surface area contributed by atoms with Gasteiger partial charge in [-0.25, -0.2) is 4.79 Å². The van der Waals surface area contributed by atoms with Crippen LogP contribution in [0.4, 0.5) is 4.79 Å². The highest BCUT2D eigenvalue weighted by Crippen LogP contribution is 2.48. The molecule has 0 bridgehead atoms. The summed E-state index contributed by atoms with van der Waals surface area (Å²) in [4.78, 5) is 29.1. The van der Waals surface area contributed by atoms with E-state index in [-0.39, 0.29) is 13.2 Å². The fourth-order valence-corrected chi connectivity index (χ4v) is 3.02. The van der Waals surface area contributed by atoms with Gasteiger partial charge < -0.3 is 24.6 Å². The Balaban J connectivity index is 5.47. The Hall–Kier alpha value is -1.19. The molecular formula is C14H29N2O8P. The van der Waals surface area contributed by atoms with Gasteiger partial charge in [0.1, 0.15) is 5.60 Å². The maximum Gasteiger partial charge on any atom is 0.435 e. The fourth-order valence-electron chi connectivity index (χ4n) is 1.74. The molecule has 0 spiro atoms. The molecule has 0 saturated heterocycles. The van der Waals surface area contributed by atoms with Crippen LogP contribution in [0.5, 0.6) is 0 Å². The summed E-state index contributed by atoms with van der Waals surface area (Å²) in [6, 6.07) is -1.55. The van der Waals surface area contributed by atoms with Gasteiger partial charge in [-0.2, -0.15) is 5.06 Å². The van der Waals surface area contributed by atoms with Gasteiger partial charge in [0, 0.05) is 0 Å². The zero-order chi connectivity index (χ0) is 19.8. The zero-order valence-electron chi connectivity index (χ0n) is 15.6. The lowest BCUT2D eigenvalue weighted by Crippen LogP contribution is -2.54. The van der Waals surface area contributed by atoms with Gasteiger partial charge >= 0.3 is 13.7 Å². The zero-order valence-corrected chi connectivity index (χ0v) is 16.4. The molecule has 3 N–H and O–H groups in total. The second kappa shape index (κ2) is 10.1. The lowest BCUT2D eigenvalue weighted by Gasteiger charge is -2.32. The van der Waals surface area contributed by atoms with Crippen LogP contribution >= 0.6 is 7.60 Å². The lowest BCUT2D eigenvalue weighted by molar-refractivity contribution is -0.182. The van der Waals surface area contributed by atoms with Crippen molar-refractivity contribution in [3.05, 3.63) is 0 Å². The second-order valence-corrected chi connectivity index (χ2v) is 8.10. The van der Waals surface area contributed by atoms with Crippen molar-refractivity contribution in [2.75, 3.05) is 19.6 Å². The molecule has 0 radical (unpaired) electrons. The molecule has 2 atom stereocenters. The molecule has 0 rings (SSSR count). The normalized spacial score (nSPS) is 14.7. The van der Waals surface area contributed by atoms with Gasteiger partial charge in [-0.3, -0.25) is 14.2 Å². The first-order chi connectivity index (χ1) is 11.4. The highest BCUT2D eigenvalue weighted by Gasteiger charge is 2.38. The Morgan fingerprint density at radius 1 is 1.20 bits per heavy atom. The number of nitrogens with zero attached hydrogens (tertiary/aromatic N) is 1. The molecule has 148 valence electrons. The highest BCUT2D eigenvalue weighted by molar-refractivity contribution is 7.53. The van der Waals surface area contributed by atoms with E-state index in [1.807, 2.05) is 0 Å². The van der Waals surface area contributed by atoms with E-state index in [0.717, 1.165) is 0 Å². The van der Waals surface area contributed by atoms with Crippen LogP contribution < -0.4 is 5.73 Å². The molecule has 0 aromatic heterocycles. The second-order valence-electron chi connectivity index (χ2n) is 6.10. The monoisotopic (exact) mass is 384 g/mol. The van der Waals surface area contributed by atoms with E-state index in [1.165, 1.54) is 6.92 Å². The Morgan fingerprint density at radius 2 is 1.68 bits per heavy atom. The van der Waals surface area contributed by atoms with Crippen LogP contribution in [0.1, 0.15) is 41.5 Å². The Morgan fingerprint density at radius 3 is 2.00 bits per heavy atom. The summed E-state index contributed by atoms with van der Waals surface area (Å²) in [6.45, 7) is 9.47. The van der Waals surface area contributed by atoms with Crippen molar-refractivity contribution in [2.24, 2.45) is 5.73 Å². The van der Waals surface area contributed by atoms with Crippen molar-refractivity contribution >= 4 is 19.6 Å². The van der Waals surface area contributed by atoms with Crippen molar-refractivity contribution in [3.8, 4) is 0 Å². The number of hydrogen-bond donors (Lipinski definition) is 2. The average molecular weight is 384 g/mol. The molecule has 0 heterocycles. The molecule has 0 aliphatic heterocycles. The number of rotatable bonds is 10. The number of carbonyl (C=O) groups is 2. The third kappa shape index (κ3) is 8.64. The van der Waals surface area contributed by atoms with Crippen molar-refractivity contribution in [3.63, 3.8) is 0 Å². The van der Waals surface area contributed by atoms with Crippen LogP contribution in [-0.2, 0) is 28.0 Å². The fraction of sp³-hybridized carbons (Fsp3) is 0.857. The molecule has 11 heteroatoms. The van der Waals surface area contributed by atoms with Gasteiger partial charge in [0.25, 0.3) is 0 Å². The summed E-state index contributed by atoms with van der Waals surface area (Å²) >= 11 is 0. The molecule has 10 nitrogen and oxygen atoms in total. The van der Waals surface area contributed by atoms with Crippen molar-refractivity contribution in [1.29, 1.82) is 0 Å². The number of primary amides is 1. The minimum absolute atomic E-state index is 0.0860. The van der Waals surface area contributed by atoms with Crippen LogP contribution in [0.3, 0.4) is 0 Å². The van der Waals surface area contributed by atoms with Gasteiger partial charge in [0.15, 0.2) is 12.4 Å². The number of aliphatic hydroxyl groups excluding tert-OH is 1. The van der Waals surface area contributed by atoms with Crippen LogP contribution in [-0.4, -0.2) is 59.5 Å². The number of hydrogen-bond acceptors (Lipinski definition) is 8. The van der Waals surface area contributed by atoms with E-state index in [0.29, 0.717) is 5.06 Å². The standard InChI is InChI=1S/C14H29N2O8P/c1-7-22-25(20,23-8-2)9-21-16(11(10(3)17)12(15)18)13(19)24-14(4,5)6/h10-11,17H,7-9H2,1-6H3,(H2,15,18)/t10-,11+/m1/s1.